The summed E-state index contributed by atoms with van der Waals surface area (Å²) in [4.78, 5) is 9.21. The second-order valence-corrected chi connectivity index (χ2v) is 18.7. The molecule has 332 valence electrons. The van der Waals surface area contributed by atoms with E-state index in [0.717, 1.165) is 86.2 Å². The number of benzene rings is 6. The van der Waals surface area contributed by atoms with E-state index < -0.39 is 19.3 Å². The van der Waals surface area contributed by atoms with Crippen molar-refractivity contribution in [2.45, 2.75) is 78.7 Å². The van der Waals surface area contributed by atoms with Gasteiger partial charge in [-0.05, 0) is 151 Å². The largest absolute Gasteiger partial charge is 0.372 e. The fraction of sp³-hybridized carbons (Fsp3) is 0.357. The summed E-state index contributed by atoms with van der Waals surface area (Å²) in [5.41, 5.74) is 10.5. The monoisotopic (exact) mass is 863 g/mol. The van der Waals surface area contributed by atoms with Crippen LogP contribution < -0.4 is 19.6 Å². The molecule has 0 aliphatic rings. The van der Waals surface area contributed by atoms with E-state index in [2.05, 4.69) is 210 Å². The molecular formula is C56H70N4O2S. The van der Waals surface area contributed by atoms with Gasteiger partial charge in [-0.2, -0.15) is 0 Å². The maximum Gasteiger partial charge on any atom is 0.186 e. The van der Waals surface area contributed by atoms with Crippen molar-refractivity contribution in [1.82, 2.24) is 0 Å². The number of aryl methyl sites for hydroxylation is 2. The molecule has 0 aliphatic heterocycles. The Morgan fingerprint density at radius 3 is 0.619 bits per heavy atom. The summed E-state index contributed by atoms with van der Waals surface area (Å²) in [6.45, 7) is 28.1. The van der Waals surface area contributed by atoms with E-state index >= 15 is 8.42 Å². The van der Waals surface area contributed by atoms with E-state index in [9.17, 15) is 0 Å². The first kappa shape index (κ1) is 47.0. The molecule has 0 N–H and O–H groups in total. The maximum absolute atomic E-state index is 17.9. The van der Waals surface area contributed by atoms with Gasteiger partial charge in [0.2, 0.25) is 0 Å². The van der Waals surface area contributed by atoms with E-state index in [1.54, 1.807) is 0 Å². The predicted molar refractivity (Wildman–Crippen MR) is 271 cm³/mol. The highest BCUT2D eigenvalue weighted by atomic mass is 32.2. The second-order valence-electron chi connectivity index (χ2n) is 16.5. The molecule has 0 bridgehead atoms. The number of hydrogen-bond acceptors (Lipinski definition) is 6. The number of hydrogen-bond donors (Lipinski definition) is 0. The van der Waals surface area contributed by atoms with Gasteiger partial charge in [0, 0.05) is 75.1 Å². The summed E-state index contributed by atoms with van der Waals surface area (Å²) in [6, 6.07) is 49.8. The second kappa shape index (κ2) is 20.3. The minimum absolute atomic E-state index is 0.689. The molecule has 6 nitrogen and oxygen atoms in total. The quantitative estimate of drug-likeness (QED) is 0.0713. The number of sulfone groups is 1. The van der Waals surface area contributed by atoms with E-state index in [-0.39, 0.29) is 0 Å². The van der Waals surface area contributed by atoms with Gasteiger partial charge in [0.1, 0.15) is 9.49 Å². The van der Waals surface area contributed by atoms with Crippen LogP contribution in [0.2, 0.25) is 0 Å². The normalized spacial score (nSPS) is 12.0. The number of anilines is 4. The highest BCUT2D eigenvalue weighted by Gasteiger charge is 2.61. The zero-order valence-corrected chi connectivity index (χ0v) is 40.3. The molecule has 6 aromatic carbocycles. The zero-order chi connectivity index (χ0) is 45.4. The number of nitrogens with zero attached hydrogens (tertiary/aromatic N) is 4. The third-order valence-electron chi connectivity index (χ3n) is 13.3. The molecule has 0 amide bonds. The van der Waals surface area contributed by atoms with Crippen LogP contribution in [-0.2, 0) is 19.3 Å². The molecule has 0 atom stereocenters. The molecule has 0 radical (unpaired) electrons. The van der Waals surface area contributed by atoms with Crippen molar-refractivity contribution in [3.63, 3.8) is 0 Å². The van der Waals surface area contributed by atoms with Crippen LogP contribution in [0.3, 0.4) is 0 Å². The third kappa shape index (κ3) is 8.49. The Balaban J connectivity index is 1.86. The molecule has 0 fully saturated rings. The molecule has 6 aromatic rings. The van der Waals surface area contributed by atoms with E-state index in [1.807, 2.05) is 24.3 Å². The molecule has 0 spiro atoms. The first-order valence-electron chi connectivity index (χ1n) is 23.3. The lowest BCUT2D eigenvalue weighted by atomic mass is 9.82. The number of rotatable bonds is 20. The fourth-order valence-electron chi connectivity index (χ4n) is 9.72. The smallest absolute Gasteiger partial charge is 0.186 e. The molecule has 0 aliphatic carbocycles. The van der Waals surface area contributed by atoms with Crippen LogP contribution >= 0.6 is 0 Å². The van der Waals surface area contributed by atoms with Crippen LogP contribution in [-0.4, -0.2) is 60.8 Å². The van der Waals surface area contributed by atoms with Crippen molar-refractivity contribution in [3.8, 4) is 0 Å². The van der Waals surface area contributed by atoms with E-state index in [1.165, 1.54) is 0 Å². The first-order chi connectivity index (χ1) is 30.4. The molecule has 0 saturated heterocycles. The van der Waals surface area contributed by atoms with Crippen molar-refractivity contribution in [1.29, 1.82) is 0 Å². The first-order valence-corrected chi connectivity index (χ1v) is 24.7. The van der Waals surface area contributed by atoms with Crippen molar-refractivity contribution in [2.75, 3.05) is 72.0 Å². The predicted octanol–water partition coefficient (Wildman–Crippen LogP) is 12.4. The van der Waals surface area contributed by atoms with Gasteiger partial charge in [0.15, 0.2) is 9.84 Å². The Hall–Kier alpha value is -5.53. The lowest BCUT2D eigenvalue weighted by Gasteiger charge is -2.46. The maximum atomic E-state index is 17.9. The Labute approximate surface area is 380 Å². The standard InChI is InChI=1S/C56H70N4O2S/c1-11-57(12-2)51-35-27-47(28-36-51)55(45-23-19-43(9)20-24-45,48-29-37-52(38-30-48)58(13-3)14-4)63(61,62)56(46-25-21-44(10)22-26-46,49-31-39-53(40-32-49)59(15-5)16-6)50-33-41-54(42-34-50)60(17-7)18-8/h19-42H,11-18H2,1-10H3. The van der Waals surface area contributed by atoms with Gasteiger partial charge in [-0.15, -0.1) is 0 Å². The van der Waals surface area contributed by atoms with Gasteiger partial charge in [-0.25, -0.2) is 8.42 Å². The van der Waals surface area contributed by atoms with E-state index in [4.69, 9.17) is 0 Å². The Morgan fingerprint density at radius 1 is 0.302 bits per heavy atom. The van der Waals surface area contributed by atoms with Crippen LogP contribution in [0.4, 0.5) is 22.7 Å². The lowest BCUT2D eigenvalue weighted by molar-refractivity contribution is 0.547. The van der Waals surface area contributed by atoms with Gasteiger partial charge in [0.25, 0.3) is 0 Å². The summed E-state index contributed by atoms with van der Waals surface area (Å²) < 4.78 is 32.5. The van der Waals surface area contributed by atoms with Gasteiger partial charge in [0.05, 0.1) is 0 Å². The summed E-state index contributed by atoms with van der Waals surface area (Å²) in [5, 5.41) is 0. The van der Waals surface area contributed by atoms with Crippen molar-refractivity contribution in [2.24, 2.45) is 0 Å². The molecule has 6 rings (SSSR count). The Bertz CT molecular complexity index is 2170. The zero-order valence-electron chi connectivity index (χ0n) is 39.5. The van der Waals surface area contributed by atoms with Crippen molar-refractivity contribution < 1.29 is 8.42 Å². The molecule has 63 heavy (non-hydrogen) atoms. The SMILES string of the molecule is CCN(CC)c1ccc(C(c2ccc(C)cc2)(c2ccc(N(CC)CC)cc2)S(=O)(=O)C(c2ccc(C)cc2)(c2ccc(N(CC)CC)cc2)c2ccc(N(CC)CC)cc2)cc1. The van der Waals surface area contributed by atoms with Crippen LogP contribution in [0.1, 0.15) is 99.9 Å². The molecular weight excluding hydrogens is 793 g/mol. The van der Waals surface area contributed by atoms with Crippen LogP contribution in [0, 0.1) is 13.8 Å². The summed E-state index contributed by atoms with van der Waals surface area (Å²) in [6.07, 6.45) is 0. The molecule has 0 unspecified atom stereocenters. The van der Waals surface area contributed by atoms with E-state index in [0.29, 0.717) is 33.4 Å². The summed E-state index contributed by atoms with van der Waals surface area (Å²) >= 11 is 0. The van der Waals surface area contributed by atoms with Crippen molar-refractivity contribution >= 4 is 32.6 Å². The van der Waals surface area contributed by atoms with Crippen LogP contribution in [0.25, 0.3) is 0 Å². The molecule has 7 heteroatoms. The minimum Gasteiger partial charge on any atom is -0.372 e. The molecule has 0 aromatic heterocycles. The highest BCUT2D eigenvalue weighted by Crippen LogP contribution is 2.57. The molecule has 0 heterocycles. The van der Waals surface area contributed by atoms with Crippen molar-refractivity contribution in [3.05, 3.63) is 190 Å². The van der Waals surface area contributed by atoms with Gasteiger partial charge in [-0.1, -0.05) is 108 Å². The minimum atomic E-state index is -4.56. The van der Waals surface area contributed by atoms with Gasteiger partial charge < -0.3 is 19.6 Å². The lowest BCUT2D eigenvalue weighted by Crippen LogP contribution is -2.51. The van der Waals surface area contributed by atoms with Crippen LogP contribution in [0.15, 0.2) is 146 Å². The van der Waals surface area contributed by atoms with Crippen LogP contribution in [0.5, 0.6) is 0 Å². The van der Waals surface area contributed by atoms with Gasteiger partial charge in [-0.3, -0.25) is 0 Å². The average molecular weight is 863 g/mol. The average Bonchev–Trinajstić information content (AvgIpc) is 3.31. The Morgan fingerprint density at radius 2 is 0.460 bits per heavy atom. The van der Waals surface area contributed by atoms with Gasteiger partial charge >= 0.3 is 0 Å². The summed E-state index contributed by atoms with van der Waals surface area (Å²) in [7, 11) is -4.56. The highest BCUT2D eigenvalue weighted by molar-refractivity contribution is 7.94. The Kier molecular flexibility index (Phi) is 15.1. The molecule has 0 saturated carbocycles. The topological polar surface area (TPSA) is 47.1 Å². The fourth-order valence-corrected chi connectivity index (χ4v) is 12.9. The third-order valence-corrected chi connectivity index (χ3v) is 16.4. The summed E-state index contributed by atoms with van der Waals surface area (Å²) in [5.74, 6) is 0.